The van der Waals surface area contributed by atoms with Crippen molar-refractivity contribution in [2.24, 2.45) is 8.80 Å². The molecule has 8 nitrogen and oxygen atoms in total. The van der Waals surface area contributed by atoms with Crippen LogP contribution in [-0.4, -0.2) is 24.9 Å². The molecule has 3 rings (SSSR count). The van der Waals surface area contributed by atoms with Crippen LogP contribution in [0, 0.1) is 15.9 Å². The van der Waals surface area contributed by atoms with E-state index in [1.54, 1.807) is 0 Å². The van der Waals surface area contributed by atoms with E-state index in [4.69, 9.17) is 11.6 Å². The molecule has 0 aliphatic carbocycles. The van der Waals surface area contributed by atoms with Crippen molar-refractivity contribution in [2.75, 3.05) is 5.32 Å². The molecule has 0 spiro atoms. The molecule has 0 amide bonds. The third-order valence-corrected chi connectivity index (χ3v) is 4.58. The van der Waals surface area contributed by atoms with E-state index in [0.717, 1.165) is 6.07 Å². The number of nitro groups is 1. The predicted molar refractivity (Wildman–Crippen MR) is 95.6 cm³/mol. The molecule has 2 aromatic carbocycles. The third-order valence-electron chi connectivity index (χ3n) is 3.40. The van der Waals surface area contributed by atoms with Crippen LogP contribution in [0.5, 0.6) is 0 Å². The molecular formula is C15H10ClFN4O4S. The van der Waals surface area contributed by atoms with Crippen LogP contribution in [-0.2, 0) is 16.6 Å². The van der Waals surface area contributed by atoms with Gasteiger partial charge < -0.3 is 5.32 Å². The van der Waals surface area contributed by atoms with E-state index >= 15 is 0 Å². The number of hydrogen-bond donors (Lipinski definition) is 1. The highest BCUT2D eigenvalue weighted by Crippen LogP contribution is 2.28. The van der Waals surface area contributed by atoms with E-state index in [1.807, 2.05) is 0 Å². The smallest absolute Gasteiger partial charge is 0.338 e. The second-order valence-electron chi connectivity index (χ2n) is 5.28. The summed E-state index contributed by atoms with van der Waals surface area (Å²) in [6, 6.07) is 9.38. The van der Waals surface area contributed by atoms with E-state index in [9.17, 15) is 22.9 Å². The standard InChI is InChI=1S/C15H10ClFN4O4S/c16-12-6-5-11(8-14(12)21(22)23)18-15-13(19-26(24,25)20-15)7-9-1-3-10(17)4-2-9/h1-6,8H,7H2,(H,18,20). The first kappa shape index (κ1) is 18.0. The second kappa shape index (κ2) is 6.81. The van der Waals surface area contributed by atoms with Gasteiger partial charge in [-0.2, -0.15) is 8.42 Å². The molecule has 11 heteroatoms. The van der Waals surface area contributed by atoms with Crippen molar-refractivity contribution in [1.29, 1.82) is 0 Å². The normalized spacial score (nSPS) is 15.3. The Morgan fingerprint density at radius 2 is 1.85 bits per heavy atom. The maximum atomic E-state index is 13.0. The highest BCUT2D eigenvalue weighted by molar-refractivity contribution is 7.89. The first-order valence-electron chi connectivity index (χ1n) is 7.13. The van der Waals surface area contributed by atoms with Gasteiger partial charge in [0, 0.05) is 18.2 Å². The Morgan fingerprint density at radius 1 is 1.15 bits per heavy atom. The van der Waals surface area contributed by atoms with Crippen molar-refractivity contribution in [3.05, 3.63) is 69.0 Å². The fraction of sp³-hybridized carbons (Fsp3) is 0.0667. The van der Waals surface area contributed by atoms with E-state index in [-0.39, 0.29) is 34.4 Å². The highest BCUT2D eigenvalue weighted by atomic mass is 35.5. The lowest BCUT2D eigenvalue weighted by atomic mass is 10.1. The minimum absolute atomic E-state index is 0.0539. The molecule has 1 aliphatic heterocycles. The van der Waals surface area contributed by atoms with E-state index in [1.165, 1.54) is 36.4 Å². The summed E-state index contributed by atoms with van der Waals surface area (Å²) in [5.74, 6) is -0.485. The summed E-state index contributed by atoms with van der Waals surface area (Å²) in [4.78, 5) is 10.3. The van der Waals surface area contributed by atoms with Crippen molar-refractivity contribution in [2.45, 2.75) is 6.42 Å². The fourth-order valence-electron chi connectivity index (χ4n) is 2.24. The maximum absolute atomic E-state index is 13.0. The summed E-state index contributed by atoms with van der Waals surface area (Å²) >= 11 is 5.75. The van der Waals surface area contributed by atoms with Crippen molar-refractivity contribution in [1.82, 2.24) is 0 Å². The van der Waals surface area contributed by atoms with Crippen LogP contribution < -0.4 is 5.32 Å². The number of benzene rings is 2. The van der Waals surface area contributed by atoms with Crippen molar-refractivity contribution in [3.63, 3.8) is 0 Å². The maximum Gasteiger partial charge on any atom is 0.365 e. The molecule has 134 valence electrons. The lowest BCUT2D eigenvalue weighted by molar-refractivity contribution is -0.384. The average Bonchev–Trinajstić information content (AvgIpc) is 2.84. The Labute approximate surface area is 152 Å². The van der Waals surface area contributed by atoms with Gasteiger partial charge in [-0.05, 0) is 29.8 Å². The van der Waals surface area contributed by atoms with Gasteiger partial charge in [-0.3, -0.25) is 10.1 Å². The van der Waals surface area contributed by atoms with Crippen LogP contribution in [0.25, 0.3) is 0 Å². The van der Waals surface area contributed by atoms with Gasteiger partial charge in [-0.1, -0.05) is 23.7 Å². The second-order valence-corrected chi connectivity index (χ2v) is 6.95. The Bertz CT molecular complexity index is 1050. The molecule has 1 aliphatic rings. The Morgan fingerprint density at radius 3 is 2.50 bits per heavy atom. The zero-order chi connectivity index (χ0) is 18.9. The van der Waals surface area contributed by atoms with Gasteiger partial charge in [0.25, 0.3) is 5.69 Å². The van der Waals surface area contributed by atoms with Gasteiger partial charge in [0.2, 0.25) is 0 Å². The fourth-order valence-corrected chi connectivity index (χ4v) is 3.28. The SMILES string of the molecule is O=[N+]([O-])c1cc(NC2=NS(=O)(=O)N=C2Cc2ccc(F)cc2)ccc1Cl. The quantitative estimate of drug-likeness (QED) is 0.629. The number of anilines is 1. The lowest BCUT2D eigenvalue weighted by Gasteiger charge is -2.08. The summed E-state index contributed by atoms with van der Waals surface area (Å²) in [6.45, 7) is 0. The minimum Gasteiger partial charge on any atom is -0.338 e. The number of nitrogens with one attached hydrogen (secondary N) is 1. The summed E-state index contributed by atoms with van der Waals surface area (Å²) in [5, 5.41) is 13.6. The first-order valence-corrected chi connectivity index (χ1v) is 8.90. The summed E-state index contributed by atoms with van der Waals surface area (Å²) < 4.78 is 43.5. The summed E-state index contributed by atoms with van der Waals surface area (Å²) in [7, 11) is -4.05. The van der Waals surface area contributed by atoms with Gasteiger partial charge in [0.1, 0.15) is 16.6 Å². The molecule has 2 aromatic rings. The number of amidine groups is 1. The van der Waals surface area contributed by atoms with Gasteiger partial charge in [-0.25, -0.2) is 4.39 Å². The van der Waals surface area contributed by atoms with Gasteiger partial charge >= 0.3 is 10.2 Å². The monoisotopic (exact) mass is 396 g/mol. The van der Waals surface area contributed by atoms with Crippen molar-refractivity contribution >= 4 is 44.7 Å². The Kier molecular flexibility index (Phi) is 4.70. The van der Waals surface area contributed by atoms with Crippen LogP contribution >= 0.6 is 11.6 Å². The largest absolute Gasteiger partial charge is 0.365 e. The molecular weight excluding hydrogens is 387 g/mol. The van der Waals surface area contributed by atoms with Crippen molar-refractivity contribution in [3.8, 4) is 0 Å². The molecule has 0 atom stereocenters. The topological polar surface area (TPSA) is 114 Å². The predicted octanol–water partition coefficient (Wildman–Crippen LogP) is 3.14. The molecule has 26 heavy (non-hydrogen) atoms. The summed E-state index contributed by atoms with van der Waals surface area (Å²) in [6.07, 6.45) is 0.0844. The lowest BCUT2D eigenvalue weighted by Crippen LogP contribution is -2.22. The van der Waals surface area contributed by atoms with Crippen LogP contribution in [0.15, 0.2) is 51.3 Å². The van der Waals surface area contributed by atoms with Crippen LogP contribution in [0.1, 0.15) is 5.56 Å². The van der Waals surface area contributed by atoms with E-state index in [0.29, 0.717) is 5.56 Å². The average molecular weight is 397 g/mol. The number of hydrogen-bond acceptors (Lipinski definition) is 5. The van der Waals surface area contributed by atoms with E-state index < -0.39 is 20.9 Å². The number of halogens is 2. The molecule has 0 unspecified atom stereocenters. The number of nitrogens with zero attached hydrogens (tertiary/aromatic N) is 3. The summed E-state index contributed by atoms with van der Waals surface area (Å²) in [5.41, 5.74) is 0.618. The van der Waals surface area contributed by atoms with Crippen molar-refractivity contribution < 1.29 is 17.7 Å². The molecule has 0 bridgehead atoms. The van der Waals surface area contributed by atoms with Crippen LogP contribution in [0.3, 0.4) is 0 Å². The zero-order valence-corrected chi connectivity index (χ0v) is 14.5. The third kappa shape index (κ3) is 4.03. The van der Waals surface area contributed by atoms with Gasteiger partial charge in [-0.15, -0.1) is 8.80 Å². The first-order chi connectivity index (χ1) is 12.2. The number of nitro benzene ring substituents is 1. The van der Waals surface area contributed by atoms with E-state index in [2.05, 4.69) is 14.1 Å². The molecule has 1 heterocycles. The minimum atomic E-state index is -4.05. The molecule has 0 saturated carbocycles. The molecule has 0 saturated heterocycles. The Balaban J connectivity index is 1.88. The molecule has 0 aromatic heterocycles. The molecule has 0 fully saturated rings. The van der Waals surface area contributed by atoms with Gasteiger partial charge in [0.15, 0.2) is 5.84 Å². The molecule has 1 N–H and O–H groups in total. The zero-order valence-electron chi connectivity index (χ0n) is 12.9. The van der Waals surface area contributed by atoms with Gasteiger partial charge in [0.05, 0.1) is 4.92 Å². The van der Waals surface area contributed by atoms with Crippen LogP contribution in [0.4, 0.5) is 15.8 Å². The molecule has 0 radical (unpaired) electrons. The number of rotatable bonds is 4. The highest BCUT2D eigenvalue weighted by Gasteiger charge is 2.25. The van der Waals surface area contributed by atoms with Crippen LogP contribution in [0.2, 0.25) is 5.02 Å². The Hall–Kier alpha value is -2.85.